The minimum Gasteiger partial charge on any atom is -0.458 e. The molecule has 9 heteroatoms. The van der Waals surface area contributed by atoms with E-state index >= 15 is 0 Å². The Balaban J connectivity index is 2.01. The molecule has 0 radical (unpaired) electrons. The Bertz CT molecular complexity index is 933. The van der Waals surface area contributed by atoms with Gasteiger partial charge in [-0.15, -0.1) is 0 Å². The summed E-state index contributed by atoms with van der Waals surface area (Å²) in [5, 5.41) is 2.45. The maximum absolute atomic E-state index is 13.1. The van der Waals surface area contributed by atoms with Crippen LogP contribution < -0.4 is 5.32 Å². The van der Waals surface area contributed by atoms with Crippen LogP contribution in [0.4, 0.5) is 0 Å². The van der Waals surface area contributed by atoms with E-state index in [1.807, 2.05) is 13.8 Å². The molecule has 0 spiro atoms. The quantitative estimate of drug-likeness (QED) is 0.229. The highest BCUT2D eigenvalue weighted by Gasteiger charge is 2.45. The average molecular weight is 491 g/mol. The van der Waals surface area contributed by atoms with Crippen LogP contribution in [0.3, 0.4) is 0 Å². The monoisotopic (exact) mass is 490 g/mol. The molecule has 3 amide bonds. The average Bonchev–Trinajstić information content (AvgIpc) is 2.93. The van der Waals surface area contributed by atoms with Crippen molar-refractivity contribution in [3.05, 3.63) is 35.4 Å². The topological polar surface area (TPSA) is 110 Å². The van der Waals surface area contributed by atoms with Crippen LogP contribution in [0, 0.1) is 5.92 Å². The van der Waals surface area contributed by atoms with Crippen molar-refractivity contribution in [1.29, 1.82) is 0 Å². The fourth-order valence-corrected chi connectivity index (χ4v) is 4.96. The number of esters is 1. The van der Waals surface area contributed by atoms with E-state index in [1.54, 1.807) is 45.0 Å². The third kappa shape index (κ3) is 7.16. The van der Waals surface area contributed by atoms with Crippen molar-refractivity contribution in [2.45, 2.75) is 77.7 Å². The molecule has 1 aliphatic rings. The predicted molar refractivity (Wildman–Crippen MR) is 130 cm³/mol. The van der Waals surface area contributed by atoms with Crippen LogP contribution in [0.25, 0.3) is 0 Å². The van der Waals surface area contributed by atoms with Crippen LogP contribution in [-0.4, -0.2) is 50.7 Å². The van der Waals surface area contributed by atoms with Crippen molar-refractivity contribution in [3.63, 3.8) is 0 Å². The van der Waals surface area contributed by atoms with Gasteiger partial charge in [-0.3, -0.25) is 24.1 Å². The Labute approximate surface area is 205 Å². The Hall–Kier alpha value is -2.68. The van der Waals surface area contributed by atoms with Crippen molar-refractivity contribution < 1.29 is 28.7 Å². The minimum absolute atomic E-state index is 0.00786. The number of unbranched alkanes of at least 4 members (excludes halogenated alkanes) is 1. The number of amides is 3. The summed E-state index contributed by atoms with van der Waals surface area (Å²) in [5.41, 5.74) is -0.00186. The summed E-state index contributed by atoms with van der Waals surface area (Å²) in [7, 11) is 0. The highest BCUT2D eigenvalue weighted by molar-refractivity contribution is 8.15. The van der Waals surface area contributed by atoms with Gasteiger partial charge < -0.3 is 10.1 Å². The van der Waals surface area contributed by atoms with Crippen molar-refractivity contribution >= 4 is 40.6 Å². The van der Waals surface area contributed by atoms with Crippen LogP contribution in [0.5, 0.6) is 0 Å². The number of ether oxygens (including phenoxy) is 1. The molecule has 1 aromatic carbocycles. The van der Waals surface area contributed by atoms with E-state index in [0.717, 1.165) is 11.8 Å². The predicted octanol–water partition coefficient (Wildman–Crippen LogP) is 3.93. The lowest BCUT2D eigenvalue weighted by Crippen LogP contribution is -2.55. The SMILES string of the molecule is CC(=O)SC(CC(C)C)(NC(=O)CCCCN1C(=O)c2ccccc2C1=O)C(=O)OC(C)(C)C. The van der Waals surface area contributed by atoms with Gasteiger partial charge in [0.2, 0.25) is 5.91 Å². The number of nitrogens with zero attached hydrogens (tertiary/aromatic N) is 1. The van der Waals surface area contributed by atoms with Crippen molar-refractivity contribution in [2.24, 2.45) is 5.92 Å². The summed E-state index contributed by atoms with van der Waals surface area (Å²) in [4.78, 5) is 62.5. The number of carbonyl (C=O) groups is 5. The normalized spacial score (nSPS) is 15.2. The molecule has 0 fully saturated rings. The molecule has 1 N–H and O–H groups in total. The number of carbonyl (C=O) groups excluding carboxylic acids is 5. The molecule has 1 unspecified atom stereocenters. The highest BCUT2D eigenvalue weighted by atomic mass is 32.2. The molecular formula is C25H34N2O6S. The lowest BCUT2D eigenvalue weighted by atomic mass is 10.0. The second-order valence-corrected chi connectivity index (χ2v) is 11.3. The number of rotatable bonds is 10. The van der Waals surface area contributed by atoms with Crippen molar-refractivity contribution in [1.82, 2.24) is 10.2 Å². The number of benzene rings is 1. The van der Waals surface area contributed by atoms with Crippen molar-refractivity contribution in [2.75, 3.05) is 6.54 Å². The van der Waals surface area contributed by atoms with Crippen LogP contribution in [0.2, 0.25) is 0 Å². The number of hydrogen-bond acceptors (Lipinski definition) is 7. The summed E-state index contributed by atoms with van der Waals surface area (Å²) in [6, 6.07) is 6.68. The zero-order chi connectivity index (χ0) is 25.7. The molecule has 2 rings (SSSR count). The molecule has 0 bridgehead atoms. The Morgan fingerprint density at radius 2 is 1.59 bits per heavy atom. The largest absolute Gasteiger partial charge is 0.458 e. The minimum atomic E-state index is -1.52. The zero-order valence-corrected chi connectivity index (χ0v) is 21.5. The van der Waals surface area contributed by atoms with E-state index in [9.17, 15) is 24.0 Å². The summed E-state index contributed by atoms with van der Waals surface area (Å²) < 4.78 is 5.55. The molecule has 1 aliphatic heterocycles. The molecule has 0 aliphatic carbocycles. The number of nitrogens with one attached hydrogen (secondary N) is 1. The van der Waals surface area contributed by atoms with E-state index in [0.29, 0.717) is 24.0 Å². The Morgan fingerprint density at radius 3 is 2.06 bits per heavy atom. The first-order valence-corrected chi connectivity index (χ1v) is 12.3. The fraction of sp³-hybridized carbons (Fsp3) is 0.560. The first kappa shape index (κ1) is 27.6. The molecule has 1 aromatic rings. The zero-order valence-electron chi connectivity index (χ0n) is 20.7. The van der Waals surface area contributed by atoms with E-state index in [-0.39, 0.29) is 42.2 Å². The second-order valence-electron chi connectivity index (χ2n) is 9.83. The summed E-state index contributed by atoms with van der Waals surface area (Å²) in [5.74, 6) is -1.71. The van der Waals surface area contributed by atoms with E-state index in [4.69, 9.17) is 4.74 Å². The molecule has 34 heavy (non-hydrogen) atoms. The summed E-state index contributed by atoms with van der Waals surface area (Å²) >= 11 is 0.763. The van der Waals surface area contributed by atoms with Gasteiger partial charge in [0.15, 0.2) is 9.99 Å². The first-order valence-electron chi connectivity index (χ1n) is 11.4. The van der Waals surface area contributed by atoms with Gasteiger partial charge in [-0.1, -0.05) is 26.0 Å². The maximum Gasteiger partial charge on any atom is 0.343 e. The van der Waals surface area contributed by atoms with Gasteiger partial charge in [0, 0.05) is 19.9 Å². The van der Waals surface area contributed by atoms with Gasteiger partial charge in [-0.05, 0) is 69.8 Å². The summed E-state index contributed by atoms with van der Waals surface area (Å²) in [6.45, 7) is 10.5. The lowest BCUT2D eigenvalue weighted by Gasteiger charge is -2.35. The van der Waals surface area contributed by atoms with Crippen LogP contribution in [0.15, 0.2) is 24.3 Å². The molecule has 186 valence electrons. The van der Waals surface area contributed by atoms with E-state index in [2.05, 4.69) is 5.32 Å². The molecule has 0 saturated heterocycles. The smallest absolute Gasteiger partial charge is 0.343 e. The number of imide groups is 1. The van der Waals surface area contributed by atoms with Gasteiger partial charge in [0.05, 0.1) is 11.1 Å². The highest BCUT2D eigenvalue weighted by Crippen LogP contribution is 2.33. The second kappa shape index (κ2) is 11.2. The maximum atomic E-state index is 13.1. The molecule has 0 saturated carbocycles. The summed E-state index contributed by atoms with van der Waals surface area (Å²) in [6.07, 6.45) is 1.13. The fourth-order valence-electron chi connectivity index (χ4n) is 3.76. The van der Waals surface area contributed by atoms with Crippen LogP contribution >= 0.6 is 11.8 Å². The van der Waals surface area contributed by atoms with Crippen molar-refractivity contribution in [3.8, 4) is 0 Å². The van der Waals surface area contributed by atoms with Crippen LogP contribution in [-0.2, 0) is 19.1 Å². The van der Waals surface area contributed by atoms with Gasteiger partial charge in [-0.25, -0.2) is 4.79 Å². The van der Waals surface area contributed by atoms with Gasteiger partial charge >= 0.3 is 5.97 Å². The number of thioether (sulfide) groups is 1. The van der Waals surface area contributed by atoms with Gasteiger partial charge in [-0.2, -0.15) is 0 Å². The van der Waals surface area contributed by atoms with Gasteiger partial charge in [0.25, 0.3) is 11.8 Å². The molecule has 1 atom stereocenters. The third-order valence-corrected chi connectivity index (χ3v) is 6.07. The first-order chi connectivity index (χ1) is 15.8. The molecule has 1 heterocycles. The van der Waals surface area contributed by atoms with Gasteiger partial charge in [0.1, 0.15) is 5.60 Å². The van der Waals surface area contributed by atoms with Crippen LogP contribution in [0.1, 0.15) is 87.9 Å². The molecular weight excluding hydrogens is 456 g/mol. The van der Waals surface area contributed by atoms with E-state index in [1.165, 1.54) is 11.8 Å². The lowest BCUT2D eigenvalue weighted by molar-refractivity contribution is -0.161. The number of hydrogen-bond donors (Lipinski definition) is 1. The van der Waals surface area contributed by atoms with E-state index < -0.39 is 22.3 Å². The Morgan fingerprint density at radius 1 is 1.03 bits per heavy atom. The standard InChI is InChI=1S/C25H34N2O6S/c1-16(2)15-25(34-17(3)28,23(32)33-24(4,5)6)26-20(29)13-9-10-14-27-21(30)18-11-7-8-12-19(18)22(27)31/h7-8,11-12,16H,9-10,13-15H2,1-6H3,(H,26,29). The third-order valence-electron chi connectivity index (χ3n) is 5.00. The molecule has 8 nitrogen and oxygen atoms in total. The molecule has 0 aromatic heterocycles. The Kier molecular flexibility index (Phi) is 9.05. The number of fused-ring (bicyclic) bond motifs is 1.